The Balaban J connectivity index is 1.35. The number of ether oxygens (including phenoxy) is 1. The van der Waals surface area contributed by atoms with Crippen LogP contribution in [0.4, 0.5) is 10.6 Å². The monoisotopic (exact) mass is 431 g/mol. The number of hydrogen-bond acceptors (Lipinski definition) is 7. The van der Waals surface area contributed by atoms with Gasteiger partial charge in [0.05, 0.1) is 12.0 Å². The zero-order chi connectivity index (χ0) is 21.3. The SMILES string of the molecule is CCOC(=O)N1CCN(C(=O)C2CCN(c3ncnc4sc(C)c(C)c34)CC2)CC1. The topological polar surface area (TPSA) is 78.9 Å². The number of nitrogens with zero attached hydrogens (tertiary/aromatic N) is 5. The van der Waals surface area contributed by atoms with Gasteiger partial charge >= 0.3 is 6.09 Å². The molecule has 0 spiro atoms. The van der Waals surface area contributed by atoms with Crippen LogP contribution in [0.2, 0.25) is 0 Å². The van der Waals surface area contributed by atoms with Gasteiger partial charge in [0.1, 0.15) is 17.0 Å². The summed E-state index contributed by atoms with van der Waals surface area (Å²) in [5, 5.41) is 1.15. The Morgan fingerprint density at radius 3 is 2.40 bits per heavy atom. The maximum atomic E-state index is 13.0. The lowest BCUT2D eigenvalue weighted by atomic mass is 9.94. The number of carbonyl (C=O) groups excluding carboxylic acids is 2. The first-order valence-electron chi connectivity index (χ1n) is 10.7. The summed E-state index contributed by atoms with van der Waals surface area (Å²) < 4.78 is 5.06. The van der Waals surface area contributed by atoms with Gasteiger partial charge in [-0.1, -0.05) is 0 Å². The van der Waals surface area contributed by atoms with Gasteiger partial charge in [0, 0.05) is 50.1 Å². The van der Waals surface area contributed by atoms with Crippen LogP contribution in [0.3, 0.4) is 0 Å². The number of rotatable bonds is 3. The fourth-order valence-corrected chi connectivity index (χ4v) is 5.32. The number of aryl methyl sites for hydroxylation is 2. The Labute approximate surface area is 180 Å². The third-order valence-corrected chi connectivity index (χ3v) is 7.32. The minimum absolute atomic E-state index is 0.0398. The average molecular weight is 432 g/mol. The lowest BCUT2D eigenvalue weighted by Gasteiger charge is -2.38. The van der Waals surface area contributed by atoms with Crippen LogP contribution in [0.15, 0.2) is 6.33 Å². The highest BCUT2D eigenvalue weighted by atomic mass is 32.1. The van der Waals surface area contributed by atoms with Crippen molar-refractivity contribution in [3.8, 4) is 0 Å². The predicted octanol–water partition coefficient (Wildman–Crippen LogP) is 2.83. The number of hydrogen-bond donors (Lipinski definition) is 0. The standard InChI is InChI=1S/C21H29N5O3S/c1-4-29-21(28)26-11-9-25(10-12-26)20(27)16-5-7-24(8-6-16)18-17-14(2)15(3)30-19(17)23-13-22-18/h13,16H,4-12H2,1-3H3. The molecule has 162 valence electrons. The average Bonchev–Trinajstić information content (AvgIpc) is 3.07. The van der Waals surface area contributed by atoms with Crippen LogP contribution >= 0.6 is 11.3 Å². The summed E-state index contributed by atoms with van der Waals surface area (Å²) in [6.07, 6.45) is 3.01. The Morgan fingerprint density at radius 2 is 1.73 bits per heavy atom. The van der Waals surface area contributed by atoms with Gasteiger partial charge in [-0.3, -0.25) is 4.79 Å². The largest absolute Gasteiger partial charge is 0.450 e. The van der Waals surface area contributed by atoms with Crippen molar-refractivity contribution in [3.05, 3.63) is 16.8 Å². The van der Waals surface area contributed by atoms with Crippen LogP contribution in [0.1, 0.15) is 30.2 Å². The van der Waals surface area contributed by atoms with E-state index in [2.05, 4.69) is 28.7 Å². The zero-order valence-electron chi connectivity index (χ0n) is 17.9. The number of carbonyl (C=O) groups is 2. The van der Waals surface area contributed by atoms with E-state index < -0.39 is 0 Å². The Morgan fingerprint density at radius 1 is 1.07 bits per heavy atom. The van der Waals surface area contributed by atoms with Crippen molar-refractivity contribution in [3.63, 3.8) is 0 Å². The summed E-state index contributed by atoms with van der Waals surface area (Å²) in [6, 6.07) is 0. The minimum atomic E-state index is -0.284. The second-order valence-electron chi connectivity index (χ2n) is 7.93. The van der Waals surface area contributed by atoms with Crippen LogP contribution in [-0.4, -0.2) is 77.6 Å². The molecular formula is C21H29N5O3S. The first kappa shape index (κ1) is 20.8. The normalized spacial score (nSPS) is 18.2. The molecule has 0 radical (unpaired) electrons. The van der Waals surface area contributed by atoms with E-state index in [0.29, 0.717) is 32.8 Å². The predicted molar refractivity (Wildman–Crippen MR) is 117 cm³/mol. The summed E-state index contributed by atoms with van der Waals surface area (Å²) in [6.45, 7) is 10.3. The summed E-state index contributed by atoms with van der Waals surface area (Å²) in [5.74, 6) is 1.25. The molecule has 0 N–H and O–H groups in total. The van der Waals surface area contributed by atoms with Crippen LogP contribution in [0.25, 0.3) is 10.2 Å². The Bertz CT molecular complexity index is 930. The van der Waals surface area contributed by atoms with E-state index in [9.17, 15) is 9.59 Å². The van der Waals surface area contributed by atoms with Crippen molar-refractivity contribution in [1.82, 2.24) is 19.8 Å². The summed E-state index contributed by atoms with van der Waals surface area (Å²) in [7, 11) is 0. The summed E-state index contributed by atoms with van der Waals surface area (Å²) >= 11 is 1.71. The summed E-state index contributed by atoms with van der Waals surface area (Å²) in [5.41, 5.74) is 1.25. The Hall–Kier alpha value is -2.42. The van der Waals surface area contributed by atoms with E-state index >= 15 is 0 Å². The molecule has 0 atom stereocenters. The van der Waals surface area contributed by atoms with E-state index in [4.69, 9.17) is 4.74 Å². The molecule has 4 heterocycles. The number of piperazine rings is 1. The van der Waals surface area contributed by atoms with Gasteiger partial charge < -0.3 is 19.4 Å². The molecule has 2 fully saturated rings. The molecule has 8 nitrogen and oxygen atoms in total. The number of thiophene rings is 1. The van der Waals surface area contributed by atoms with Crippen molar-refractivity contribution in [1.29, 1.82) is 0 Å². The first-order valence-corrected chi connectivity index (χ1v) is 11.5. The van der Waals surface area contributed by atoms with Gasteiger partial charge in [-0.15, -0.1) is 11.3 Å². The molecule has 2 saturated heterocycles. The highest BCUT2D eigenvalue weighted by Gasteiger charge is 2.32. The maximum Gasteiger partial charge on any atom is 0.409 e. The molecule has 30 heavy (non-hydrogen) atoms. The molecule has 0 bridgehead atoms. The fraction of sp³-hybridized carbons (Fsp3) is 0.619. The van der Waals surface area contributed by atoms with E-state index in [1.54, 1.807) is 29.5 Å². The number of piperidine rings is 1. The van der Waals surface area contributed by atoms with Crippen molar-refractivity contribution in [2.75, 3.05) is 50.8 Å². The van der Waals surface area contributed by atoms with E-state index in [1.165, 1.54) is 10.4 Å². The summed E-state index contributed by atoms with van der Waals surface area (Å²) in [4.78, 5) is 42.1. The second kappa shape index (κ2) is 8.75. The number of amides is 2. The van der Waals surface area contributed by atoms with Gasteiger partial charge in [-0.05, 0) is 39.2 Å². The molecule has 4 rings (SSSR count). The van der Waals surface area contributed by atoms with Crippen molar-refractivity contribution < 1.29 is 14.3 Å². The number of aromatic nitrogens is 2. The maximum absolute atomic E-state index is 13.0. The van der Waals surface area contributed by atoms with Crippen LogP contribution in [0, 0.1) is 19.8 Å². The highest BCUT2D eigenvalue weighted by Crippen LogP contribution is 2.35. The molecule has 9 heteroatoms. The van der Waals surface area contributed by atoms with Gasteiger partial charge in [-0.25, -0.2) is 14.8 Å². The van der Waals surface area contributed by atoms with E-state index in [-0.39, 0.29) is 17.9 Å². The van der Waals surface area contributed by atoms with Crippen molar-refractivity contribution >= 4 is 39.4 Å². The molecule has 2 aliphatic rings. The van der Waals surface area contributed by atoms with E-state index in [1.807, 2.05) is 4.90 Å². The van der Waals surface area contributed by atoms with E-state index in [0.717, 1.165) is 42.0 Å². The lowest BCUT2D eigenvalue weighted by molar-refractivity contribution is -0.137. The molecule has 0 aliphatic carbocycles. The highest BCUT2D eigenvalue weighted by molar-refractivity contribution is 7.18. The van der Waals surface area contributed by atoms with Gasteiger partial charge in [0.2, 0.25) is 5.91 Å². The molecule has 0 saturated carbocycles. The van der Waals surface area contributed by atoms with Gasteiger partial charge in [-0.2, -0.15) is 0 Å². The first-order chi connectivity index (χ1) is 14.5. The quantitative estimate of drug-likeness (QED) is 0.744. The van der Waals surface area contributed by atoms with Crippen molar-refractivity contribution in [2.24, 2.45) is 5.92 Å². The molecule has 0 aromatic carbocycles. The molecule has 2 aliphatic heterocycles. The molecule has 0 unspecified atom stereocenters. The smallest absolute Gasteiger partial charge is 0.409 e. The van der Waals surface area contributed by atoms with Crippen LogP contribution in [0.5, 0.6) is 0 Å². The third-order valence-electron chi connectivity index (χ3n) is 6.21. The molecule has 2 aromatic heterocycles. The molecule has 2 amide bonds. The molecular weight excluding hydrogens is 402 g/mol. The van der Waals surface area contributed by atoms with Crippen LogP contribution < -0.4 is 4.90 Å². The van der Waals surface area contributed by atoms with Crippen LogP contribution in [-0.2, 0) is 9.53 Å². The number of fused-ring (bicyclic) bond motifs is 1. The Kier molecular flexibility index (Phi) is 6.08. The lowest BCUT2D eigenvalue weighted by Crippen LogP contribution is -2.53. The van der Waals surface area contributed by atoms with Crippen molar-refractivity contribution in [2.45, 2.75) is 33.6 Å². The number of anilines is 1. The third kappa shape index (κ3) is 3.95. The molecule has 2 aromatic rings. The van der Waals surface area contributed by atoms with Gasteiger partial charge in [0.25, 0.3) is 0 Å². The zero-order valence-corrected chi connectivity index (χ0v) is 18.7. The van der Waals surface area contributed by atoms with Gasteiger partial charge in [0.15, 0.2) is 0 Å². The second-order valence-corrected chi connectivity index (χ2v) is 9.14. The fourth-order valence-electron chi connectivity index (χ4n) is 4.32. The minimum Gasteiger partial charge on any atom is -0.450 e.